The molecule has 3 atom stereocenters. The molecule has 3 unspecified atom stereocenters. The molecule has 2 rings (SSSR count). The van der Waals surface area contributed by atoms with Crippen molar-refractivity contribution in [3.8, 4) is 0 Å². The van der Waals surface area contributed by atoms with E-state index in [4.69, 9.17) is 0 Å². The van der Waals surface area contributed by atoms with E-state index in [9.17, 15) is 14.4 Å². The van der Waals surface area contributed by atoms with Gasteiger partial charge in [-0.25, -0.2) is 10.2 Å². The second-order valence-corrected chi connectivity index (χ2v) is 7.33. The molecule has 7 nitrogen and oxygen atoms in total. The number of Topliss-reactive ketones (excluding diaryl/α,β-unsaturated/α-hetero) is 1. The maximum atomic E-state index is 11.6. The van der Waals surface area contributed by atoms with E-state index < -0.39 is 0 Å². The number of urea groups is 1. The number of fused-ring (bicyclic) bond motifs is 1. The first-order valence-electron chi connectivity index (χ1n) is 8.32. The van der Waals surface area contributed by atoms with Crippen LogP contribution in [0.25, 0.3) is 0 Å². The van der Waals surface area contributed by atoms with Gasteiger partial charge in [-0.15, -0.1) is 0 Å². The molecule has 4 N–H and O–H groups in total. The van der Waals surface area contributed by atoms with Gasteiger partial charge < -0.3 is 10.6 Å². The molecular formula is C15H26N4O3S. The van der Waals surface area contributed by atoms with Crippen LogP contribution in [0.4, 0.5) is 4.79 Å². The first-order chi connectivity index (χ1) is 11.1. The lowest BCUT2D eigenvalue weighted by Gasteiger charge is -2.16. The third-order valence-electron chi connectivity index (χ3n) is 4.12. The summed E-state index contributed by atoms with van der Waals surface area (Å²) in [5.74, 6) is 0.986. The standard InChI is InChI=1S/C15H26N4O3S/c1-2-5-10(20)8-16-19-13(21)7-4-3-6-12-14-11(9-23-12)17-15(22)18-14/h11-12,14,16H,2-9H2,1H3,(H,19,21)(H2,17,18,22). The second-order valence-electron chi connectivity index (χ2n) is 6.06. The zero-order chi connectivity index (χ0) is 16.7. The molecule has 0 bridgehead atoms. The molecule has 23 heavy (non-hydrogen) atoms. The number of amides is 3. The van der Waals surface area contributed by atoms with E-state index >= 15 is 0 Å². The molecule has 0 aliphatic carbocycles. The van der Waals surface area contributed by atoms with Gasteiger partial charge in [-0.3, -0.25) is 15.0 Å². The van der Waals surface area contributed by atoms with E-state index in [2.05, 4.69) is 21.5 Å². The van der Waals surface area contributed by atoms with Crippen LogP contribution in [0.1, 0.15) is 45.4 Å². The minimum atomic E-state index is -0.0814. The van der Waals surface area contributed by atoms with Gasteiger partial charge in [0.25, 0.3) is 0 Å². The predicted molar refractivity (Wildman–Crippen MR) is 90.0 cm³/mol. The number of thioether (sulfide) groups is 1. The van der Waals surface area contributed by atoms with E-state index in [0.29, 0.717) is 18.1 Å². The zero-order valence-electron chi connectivity index (χ0n) is 13.5. The van der Waals surface area contributed by atoms with E-state index in [1.165, 1.54) is 0 Å². The lowest BCUT2D eigenvalue weighted by molar-refractivity contribution is -0.122. The van der Waals surface area contributed by atoms with Gasteiger partial charge in [-0.2, -0.15) is 11.8 Å². The van der Waals surface area contributed by atoms with Crippen molar-refractivity contribution in [2.45, 2.75) is 62.8 Å². The first-order valence-corrected chi connectivity index (χ1v) is 9.37. The number of rotatable bonds is 10. The molecule has 0 saturated carbocycles. The van der Waals surface area contributed by atoms with E-state index in [1.54, 1.807) is 0 Å². The Balaban J connectivity index is 1.51. The van der Waals surface area contributed by atoms with Crippen molar-refractivity contribution in [3.05, 3.63) is 0 Å². The van der Waals surface area contributed by atoms with Gasteiger partial charge in [0.1, 0.15) is 5.78 Å². The Morgan fingerprint density at radius 3 is 2.87 bits per heavy atom. The number of hydrogen-bond acceptors (Lipinski definition) is 5. The number of ketones is 1. The van der Waals surface area contributed by atoms with Gasteiger partial charge >= 0.3 is 6.03 Å². The van der Waals surface area contributed by atoms with Crippen LogP contribution in [-0.4, -0.2) is 47.4 Å². The highest BCUT2D eigenvalue weighted by Gasteiger charge is 2.42. The van der Waals surface area contributed by atoms with Crippen molar-refractivity contribution in [2.75, 3.05) is 12.3 Å². The van der Waals surface area contributed by atoms with Crippen LogP contribution in [0.2, 0.25) is 0 Å². The van der Waals surface area contributed by atoms with E-state index in [-0.39, 0.29) is 36.3 Å². The van der Waals surface area contributed by atoms with Crippen LogP contribution in [0.5, 0.6) is 0 Å². The first kappa shape index (κ1) is 18.1. The molecule has 2 aliphatic heterocycles. The smallest absolute Gasteiger partial charge is 0.315 e. The second kappa shape index (κ2) is 9.12. The highest BCUT2D eigenvalue weighted by atomic mass is 32.2. The summed E-state index contributed by atoms with van der Waals surface area (Å²) in [6.45, 7) is 2.14. The Bertz CT molecular complexity index is 446. The van der Waals surface area contributed by atoms with Crippen LogP contribution in [0, 0.1) is 0 Å². The van der Waals surface area contributed by atoms with Crippen molar-refractivity contribution >= 4 is 29.5 Å². The van der Waals surface area contributed by atoms with Crippen LogP contribution in [0.15, 0.2) is 0 Å². The molecule has 0 aromatic carbocycles. The van der Waals surface area contributed by atoms with Crippen molar-refractivity contribution < 1.29 is 14.4 Å². The summed E-state index contributed by atoms with van der Waals surface area (Å²) in [5.41, 5.74) is 5.24. The molecule has 0 aromatic rings. The summed E-state index contributed by atoms with van der Waals surface area (Å²) in [6.07, 6.45) is 4.58. The summed E-state index contributed by atoms with van der Waals surface area (Å²) in [7, 11) is 0. The molecule has 3 amide bonds. The summed E-state index contributed by atoms with van der Waals surface area (Å²) < 4.78 is 0. The van der Waals surface area contributed by atoms with Gasteiger partial charge in [0, 0.05) is 23.8 Å². The summed E-state index contributed by atoms with van der Waals surface area (Å²) in [5, 5.41) is 6.33. The molecular weight excluding hydrogens is 316 g/mol. The topological polar surface area (TPSA) is 99.3 Å². The number of hydrazine groups is 1. The lowest BCUT2D eigenvalue weighted by atomic mass is 10.0. The zero-order valence-corrected chi connectivity index (χ0v) is 14.3. The third kappa shape index (κ3) is 5.69. The highest BCUT2D eigenvalue weighted by molar-refractivity contribution is 8.00. The molecule has 8 heteroatoms. The molecule has 2 heterocycles. The fourth-order valence-corrected chi connectivity index (χ4v) is 4.49. The Hall–Kier alpha value is -1.28. The SMILES string of the molecule is CCCC(=O)CNNC(=O)CCCCC1SCC2NC(=O)NC21. The quantitative estimate of drug-likeness (QED) is 0.266. The Morgan fingerprint density at radius 2 is 2.09 bits per heavy atom. The molecule has 0 radical (unpaired) electrons. The highest BCUT2D eigenvalue weighted by Crippen LogP contribution is 2.33. The predicted octanol–water partition coefficient (Wildman–Crippen LogP) is 0.702. The Kier molecular flexibility index (Phi) is 7.16. The maximum absolute atomic E-state index is 11.6. The van der Waals surface area contributed by atoms with Crippen LogP contribution < -0.4 is 21.5 Å². The van der Waals surface area contributed by atoms with Crippen LogP contribution in [-0.2, 0) is 9.59 Å². The van der Waals surface area contributed by atoms with Gasteiger partial charge in [0.15, 0.2) is 0 Å². The largest absolute Gasteiger partial charge is 0.332 e. The summed E-state index contributed by atoms with van der Waals surface area (Å²) >= 11 is 1.89. The normalized spacial score (nSPS) is 25.6. The van der Waals surface area contributed by atoms with E-state index in [0.717, 1.165) is 31.4 Å². The Labute approximate surface area is 141 Å². The molecule has 2 saturated heterocycles. The average molecular weight is 342 g/mol. The fraction of sp³-hybridized carbons (Fsp3) is 0.800. The minimum Gasteiger partial charge on any atom is -0.332 e. The van der Waals surface area contributed by atoms with Gasteiger partial charge in [-0.1, -0.05) is 13.3 Å². The number of hydrogen-bond donors (Lipinski definition) is 4. The molecule has 130 valence electrons. The lowest BCUT2D eigenvalue weighted by Crippen LogP contribution is -2.40. The average Bonchev–Trinajstić information content (AvgIpc) is 3.03. The molecule has 2 aliphatic rings. The van der Waals surface area contributed by atoms with Crippen LogP contribution in [0.3, 0.4) is 0 Å². The van der Waals surface area contributed by atoms with E-state index in [1.807, 2.05) is 18.7 Å². The van der Waals surface area contributed by atoms with Crippen molar-refractivity contribution in [1.82, 2.24) is 21.5 Å². The number of unbranched alkanes of at least 4 members (excludes halogenated alkanes) is 1. The van der Waals surface area contributed by atoms with Crippen molar-refractivity contribution in [1.29, 1.82) is 0 Å². The molecule has 2 fully saturated rings. The Morgan fingerprint density at radius 1 is 1.26 bits per heavy atom. The molecule has 0 aromatic heterocycles. The van der Waals surface area contributed by atoms with Gasteiger partial charge in [-0.05, 0) is 19.3 Å². The maximum Gasteiger partial charge on any atom is 0.315 e. The number of carbonyl (C=O) groups excluding carboxylic acids is 3. The minimum absolute atomic E-state index is 0.0617. The van der Waals surface area contributed by atoms with Crippen molar-refractivity contribution in [3.63, 3.8) is 0 Å². The monoisotopic (exact) mass is 342 g/mol. The number of nitrogens with one attached hydrogen (secondary N) is 4. The molecule has 0 spiro atoms. The summed E-state index contributed by atoms with van der Waals surface area (Å²) in [6, 6.07) is 0.423. The third-order valence-corrected chi connectivity index (χ3v) is 5.63. The summed E-state index contributed by atoms with van der Waals surface area (Å²) in [4.78, 5) is 34.2. The van der Waals surface area contributed by atoms with Gasteiger partial charge in [0.2, 0.25) is 5.91 Å². The number of carbonyl (C=O) groups is 3. The van der Waals surface area contributed by atoms with Gasteiger partial charge in [0.05, 0.1) is 18.6 Å². The van der Waals surface area contributed by atoms with Crippen molar-refractivity contribution in [2.24, 2.45) is 0 Å². The van der Waals surface area contributed by atoms with Crippen LogP contribution >= 0.6 is 11.8 Å². The fourth-order valence-electron chi connectivity index (χ4n) is 2.95.